The lowest BCUT2D eigenvalue weighted by atomic mass is 9.88. The van der Waals surface area contributed by atoms with E-state index in [0.29, 0.717) is 30.5 Å². The number of oxazole rings is 1. The van der Waals surface area contributed by atoms with Gasteiger partial charge < -0.3 is 18.6 Å². The van der Waals surface area contributed by atoms with E-state index in [0.717, 1.165) is 25.7 Å². The number of amides is 1. The number of aromatic nitrogens is 3. The fourth-order valence-corrected chi connectivity index (χ4v) is 3.40. The number of rotatable bonds is 2. The maximum atomic E-state index is 12.3. The third-order valence-electron chi connectivity index (χ3n) is 4.69. The number of carbonyl (C=O) groups is 1. The van der Waals surface area contributed by atoms with Crippen molar-refractivity contribution in [1.82, 2.24) is 20.0 Å². The summed E-state index contributed by atoms with van der Waals surface area (Å²) >= 11 is 0. The summed E-state index contributed by atoms with van der Waals surface area (Å²) < 4.78 is 16.3. The third-order valence-corrected chi connectivity index (χ3v) is 4.69. The predicted octanol–water partition coefficient (Wildman–Crippen LogP) is 1.89. The molecule has 4 rings (SSSR count). The number of nitrogens with zero attached hydrogens (tertiary/aromatic N) is 4. The Morgan fingerprint density at radius 2 is 2.17 bits per heavy atom. The first kappa shape index (κ1) is 14.4. The van der Waals surface area contributed by atoms with Gasteiger partial charge in [-0.25, -0.2) is 4.98 Å². The van der Waals surface area contributed by atoms with Gasteiger partial charge in [-0.3, -0.25) is 4.79 Å². The fraction of sp³-hybridized carbons (Fsp3) is 0.600. The Balaban J connectivity index is 1.39. The standard InChI is InChI=1S/C15H18N4O4/c1-10-17-13(23-18-10)12-2-3-15(22-12)4-6-19(7-5-15)14(20)11-8-21-9-16-11/h8-9,12H,2-7H2,1H3. The van der Waals surface area contributed by atoms with E-state index in [1.54, 1.807) is 11.8 Å². The first-order chi connectivity index (χ1) is 11.2. The summed E-state index contributed by atoms with van der Waals surface area (Å²) in [6.45, 7) is 3.11. The van der Waals surface area contributed by atoms with E-state index in [1.165, 1.54) is 12.7 Å². The summed E-state index contributed by atoms with van der Waals surface area (Å²) in [6.07, 6.45) is 5.96. The molecule has 2 aliphatic rings. The van der Waals surface area contributed by atoms with E-state index in [2.05, 4.69) is 15.1 Å². The molecule has 0 radical (unpaired) electrons. The SMILES string of the molecule is Cc1noc(C2CCC3(CCN(C(=O)c4cocn4)CC3)O2)n1. The summed E-state index contributed by atoms with van der Waals surface area (Å²) in [5.41, 5.74) is 0.167. The highest BCUT2D eigenvalue weighted by Gasteiger charge is 2.45. The number of hydrogen-bond acceptors (Lipinski definition) is 7. The Labute approximate surface area is 132 Å². The molecule has 1 unspecified atom stereocenters. The van der Waals surface area contributed by atoms with Crippen molar-refractivity contribution >= 4 is 5.91 Å². The second-order valence-electron chi connectivity index (χ2n) is 6.17. The minimum absolute atomic E-state index is 0.0873. The highest BCUT2D eigenvalue weighted by atomic mass is 16.5. The van der Waals surface area contributed by atoms with Gasteiger partial charge in [-0.1, -0.05) is 5.16 Å². The molecule has 1 amide bonds. The molecule has 2 aromatic rings. The van der Waals surface area contributed by atoms with Crippen molar-refractivity contribution in [2.75, 3.05) is 13.1 Å². The second-order valence-corrected chi connectivity index (χ2v) is 6.17. The van der Waals surface area contributed by atoms with Crippen molar-refractivity contribution in [2.45, 2.75) is 44.3 Å². The van der Waals surface area contributed by atoms with Crippen LogP contribution in [0.3, 0.4) is 0 Å². The average molecular weight is 318 g/mol. The van der Waals surface area contributed by atoms with Crippen molar-refractivity contribution in [2.24, 2.45) is 0 Å². The Bertz CT molecular complexity index is 688. The van der Waals surface area contributed by atoms with E-state index in [9.17, 15) is 4.79 Å². The van der Waals surface area contributed by atoms with Crippen LogP contribution in [0.1, 0.15) is 54.0 Å². The lowest BCUT2D eigenvalue weighted by Gasteiger charge is -2.38. The molecule has 1 atom stereocenters. The van der Waals surface area contributed by atoms with Gasteiger partial charge in [0.2, 0.25) is 0 Å². The van der Waals surface area contributed by atoms with Gasteiger partial charge in [-0.05, 0) is 32.6 Å². The van der Waals surface area contributed by atoms with Crippen LogP contribution >= 0.6 is 0 Å². The zero-order valence-electron chi connectivity index (χ0n) is 12.9. The van der Waals surface area contributed by atoms with E-state index >= 15 is 0 Å². The van der Waals surface area contributed by atoms with Crippen LogP contribution in [-0.4, -0.2) is 44.6 Å². The number of ether oxygens (including phenoxy) is 1. The highest BCUT2D eigenvalue weighted by molar-refractivity contribution is 5.91. The topological polar surface area (TPSA) is 94.5 Å². The number of piperidine rings is 1. The molecule has 2 saturated heterocycles. The molecular formula is C15H18N4O4. The lowest BCUT2D eigenvalue weighted by molar-refractivity contribution is -0.0821. The van der Waals surface area contributed by atoms with Gasteiger partial charge >= 0.3 is 0 Å². The van der Waals surface area contributed by atoms with Crippen LogP contribution in [0.2, 0.25) is 0 Å². The summed E-state index contributed by atoms with van der Waals surface area (Å²) in [5.74, 6) is 1.09. The summed E-state index contributed by atoms with van der Waals surface area (Å²) in [4.78, 5) is 22.3. The largest absolute Gasteiger partial charge is 0.451 e. The van der Waals surface area contributed by atoms with Gasteiger partial charge in [0.05, 0.1) is 5.60 Å². The molecular weight excluding hydrogens is 300 g/mol. The molecule has 8 nitrogen and oxygen atoms in total. The molecule has 0 aromatic carbocycles. The number of likely N-dealkylation sites (tertiary alicyclic amines) is 1. The molecule has 23 heavy (non-hydrogen) atoms. The van der Waals surface area contributed by atoms with Gasteiger partial charge in [0.25, 0.3) is 11.8 Å². The van der Waals surface area contributed by atoms with Crippen LogP contribution in [0.15, 0.2) is 21.6 Å². The summed E-state index contributed by atoms with van der Waals surface area (Å²) in [6, 6.07) is 0. The molecule has 2 aliphatic heterocycles. The maximum absolute atomic E-state index is 12.3. The smallest absolute Gasteiger partial charge is 0.275 e. The van der Waals surface area contributed by atoms with Crippen molar-refractivity contribution in [3.63, 3.8) is 0 Å². The predicted molar refractivity (Wildman–Crippen MR) is 76.5 cm³/mol. The third kappa shape index (κ3) is 2.63. The Morgan fingerprint density at radius 3 is 2.83 bits per heavy atom. The maximum Gasteiger partial charge on any atom is 0.275 e. The summed E-state index contributed by atoms with van der Waals surface area (Å²) in [7, 11) is 0. The van der Waals surface area contributed by atoms with Crippen molar-refractivity contribution in [3.8, 4) is 0 Å². The Kier molecular flexibility index (Phi) is 3.41. The first-order valence-corrected chi connectivity index (χ1v) is 7.81. The minimum atomic E-state index is -0.187. The van der Waals surface area contributed by atoms with Crippen molar-refractivity contribution in [1.29, 1.82) is 0 Å². The Morgan fingerprint density at radius 1 is 1.35 bits per heavy atom. The van der Waals surface area contributed by atoms with Crippen LogP contribution in [0.4, 0.5) is 0 Å². The van der Waals surface area contributed by atoms with E-state index < -0.39 is 0 Å². The van der Waals surface area contributed by atoms with Crippen molar-refractivity contribution in [3.05, 3.63) is 30.1 Å². The average Bonchev–Trinajstić information content (AvgIpc) is 3.28. The van der Waals surface area contributed by atoms with Gasteiger partial charge in [-0.15, -0.1) is 0 Å². The highest BCUT2D eigenvalue weighted by Crippen LogP contribution is 2.44. The van der Waals surface area contributed by atoms with E-state index in [4.69, 9.17) is 13.7 Å². The molecule has 2 fully saturated rings. The fourth-order valence-electron chi connectivity index (χ4n) is 3.40. The monoisotopic (exact) mass is 318 g/mol. The molecule has 122 valence electrons. The molecule has 0 aliphatic carbocycles. The number of aryl methyl sites for hydroxylation is 1. The van der Waals surface area contributed by atoms with Gasteiger partial charge in [0, 0.05) is 13.1 Å². The molecule has 4 heterocycles. The lowest BCUT2D eigenvalue weighted by Crippen LogP contribution is -2.46. The summed E-state index contributed by atoms with van der Waals surface area (Å²) in [5, 5.41) is 3.82. The molecule has 0 N–H and O–H groups in total. The quantitative estimate of drug-likeness (QED) is 0.834. The van der Waals surface area contributed by atoms with Gasteiger partial charge in [0.1, 0.15) is 12.4 Å². The first-order valence-electron chi connectivity index (χ1n) is 7.81. The second kappa shape index (κ2) is 5.45. The minimum Gasteiger partial charge on any atom is -0.451 e. The van der Waals surface area contributed by atoms with Crippen LogP contribution in [0.25, 0.3) is 0 Å². The molecule has 2 aromatic heterocycles. The van der Waals surface area contributed by atoms with Crippen LogP contribution in [-0.2, 0) is 4.74 Å². The Hall–Kier alpha value is -2.22. The van der Waals surface area contributed by atoms with Gasteiger partial charge in [0.15, 0.2) is 17.9 Å². The van der Waals surface area contributed by atoms with E-state index in [1.807, 2.05) is 0 Å². The number of hydrogen-bond donors (Lipinski definition) is 0. The van der Waals surface area contributed by atoms with Gasteiger partial charge in [-0.2, -0.15) is 4.98 Å². The normalized spacial score (nSPS) is 23.5. The van der Waals surface area contributed by atoms with Crippen molar-refractivity contribution < 1.29 is 18.5 Å². The molecule has 0 bridgehead atoms. The zero-order chi connectivity index (χ0) is 15.9. The molecule has 1 spiro atoms. The zero-order valence-corrected chi connectivity index (χ0v) is 12.9. The van der Waals surface area contributed by atoms with Crippen LogP contribution in [0.5, 0.6) is 0 Å². The molecule has 0 saturated carbocycles. The number of carbonyl (C=O) groups excluding carboxylic acids is 1. The molecule has 8 heteroatoms. The van der Waals surface area contributed by atoms with Crippen LogP contribution in [0, 0.1) is 6.92 Å². The van der Waals surface area contributed by atoms with Crippen LogP contribution < -0.4 is 0 Å². The van der Waals surface area contributed by atoms with E-state index in [-0.39, 0.29) is 17.6 Å².